The Morgan fingerprint density at radius 2 is 1.59 bits per heavy atom. The number of hydrogen-bond acceptors (Lipinski definition) is 8. The molecule has 0 saturated heterocycles. The zero-order chi connectivity index (χ0) is 24.9. The van der Waals surface area contributed by atoms with Gasteiger partial charge in [-0.2, -0.15) is 0 Å². The number of esters is 1. The summed E-state index contributed by atoms with van der Waals surface area (Å²) < 4.78 is 47.5. The lowest BCUT2D eigenvalue weighted by Crippen LogP contribution is -2.47. The van der Waals surface area contributed by atoms with Gasteiger partial charge in [0, 0.05) is 17.3 Å². The second kappa shape index (κ2) is 10.5. The Morgan fingerprint density at radius 1 is 0.971 bits per heavy atom. The molecule has 10 nitrogen and oxygen atoms in total. The van der Waals surface area contributed by atoms with Crippen LogP contribution in [0.15, 0.2) is 58.6 Å². The minimum atomic E-state index is -3.89. The first kappa shape index (κ1) is 24.9. The van der Waals surface area contributed by atoms with Crippen LogP contribution in [0.2, 0.25) is 0 Å². The zero-order valence-corrected chi connectivity index (χ0v) is 20.0. The van der Waals surface area contributed by atoms with Gasteiger partial charge in [-0.05, 0) is 25.1 Å². The van der Waals surface area contributed by atoms with Crippen LogP contribution in [0.25, 0.3) is 0 Å². The fraction of sp³-hybridized carbons (Fsp3) is 0.304. The van der Waals surface area contributed by atoms with Crippen LogP contribution in [-0.2, 0) is 19.4 Å². The second-order valence-electron chi connectivity index (χ2n) is 7.17. The number of urea groups is 1. The molecule has 1 atom stereocenters. The van der Waals surface area contributed by atoms with Crippen LogP contribution in [0.3, 0.4) is 0 Å². The molecule has 0 spiro atoms. The van der Waals surface area contributed by atoms with Crippen molar-refractivity contribution in [2.75, 3.05) is 33.7 Å². The molecule has 2 aromatic carbocycles. The summed E-state index contributed by atoms with van der Waals surface area (Å²) in [5, 5.41) is 5.13. The number of nitrogens with one attached hydrogen (secondary N) is 2. The van der Waals surface area contributed by atoms with Gasteiger partial charge in [0.1, 0.15) is 5.75 Å². The number of methoxy groups -OCH3 is 3. The number of ether oxygens (including phenoxy) is 4. The fourth-order valence-corrected chi connectivity index (χ4v) is 4.94. The summed E-state index contributed by atoms with van der Waals surface area (Å²) in [6.45, 7) is 1.67. The molecule has 2 aromatic rings. The van der Waals surface area contributed by atoms with Gasteiger partial charge < -0.3 is 29.6 Å². The third kappa shape index (κ3) is 5.09. The molecule has 0 saturated carbocycles. The molecule has 34 heavy (non-hydrogen) atoms. The second-order valence-corrected chi connectivity index (χ2v) is 9.16. The van der Waals surface area contributed by atoms with Gasteiger partial charge >= 0.3 is 12.0 Å². The molecule has 2 N–H and O–H groups in total. The van der Waals surface area contributed by atoms with Gasteiger partial charge in [-0.15, -0.1) is 0 Å². The maximum absolute atomic E-state index is 13.1. The predicted molar refractivity (Wildman–Crippen MR) is 123 cm³/mol. The molecule has 1 heterocycles. The molecule has 0 radical (unpaired) electrons. The number of carbonyl (C=O) groups excluding carboxylic acids is 2. The van der Waals surface area contributed by atoms with E-state index in [0.29, 0.717) is 17.1 Å². The molecule has 11 heteroatoms. The molecule has 2 amide bonds. The standard InChI is InChI=1S/C23H26N2O8S/c1-5-33-22(26)20-16(13-34(28,29)14-9-7-6-8-10-14)24-23(27)25-21(20)15-11-18(31-3)19(32-4)12-17(15)30-2/h6-12,21H,5,13H2,1-4H3,(H2,24,25,27). The maximum atomic E-state index is 13.1. The van der Waals surface area contributed by atoms with Crippen molar-refractivity contribution in [2.24, 2.45) is 0 Å². The number of rotatable bonds is 9. The monoisotopic (exact) mass is 490 g/mol. The highest BCUT2D eigenvalue weighted by atomic mass is 32.2. The Balaban J connectivity index is 2.20. The van der Waals surface area contributed by atoms with Crippen molar-refractivity contribution in [3.8, 4) is 17.2 Å². The molecule has 182 valence electrons. The summed E-state index contributed by atoms with van der Waals surface area (Å²) in [6, 6.07) is 9.08. The van der Waals surface area contributed by atoms with Crippen LogP contribution in [0.5, 0.6) is 17.2 Å². The normalized spacial score (nSPS) is 15.8. The molecule has 3 rings (SSSR count). The molecular formula is C23H26N2O8S. The van der Waals surface area contributed by atoms with E-state index >= 15 is 0 Å². The highest BCUT2D eigenvalue weighted by molar-refractivity contribution is 7.91. The molecule has 0 aromatic heterocycles. The quantitative estimate of drug-likeness (QED) is 0.513. The lowest BCUT2D eigenvalue weighted by Gasteiger charge is -2.30. The average Bonchev–Trinajstić information content (AvgIpc) is 2.83. The molecule has 1 aliphatic rings. The molecule has 0 bridgehead atoms. The SMILES string of the molecule is CCOC(=O)C1=C(CS(=O)(=O)c2ccccc2)NC(=O)NC1c1cc(OC)c(OC)cc1OC. The van der Waals surface area contributed by atoms with Crippen molar-refractivity contribution < 1.29 is 37.0 Å². The van der Waals surface area contributed by atoms with E-state index in [1.165, 1.54) is 33.5 Å². The summed E-state index contributed by atoms with van der Waals surface area (Å²) in [5.74, 6) is -0.415. The lowest BCUT2D eigenvalue weighted by molar-refractivity contribution is -0.139. The Labute approximate surface area is 197 Å². The van der Waals surface area contributed by atoms with Gasteiger partial charge in [0.15, 0.2) is 21.3 Å². The number of benzene rings is 2. The van der Waals surface area contributed by atoms with E-state index in [9.17, 15) is 18.0 Å². The van der Waals surface area contributed by atoms with Crippen molar-refractivity contribution in [3.05, 3.63) is 59.3 Å². The van der Waals surface area contributed by atoms with E-state index in [1.54, 1.807) is 37.3 Å². The average molecular weight is 491 g/mol. The third-order valence-corrected chi connectivity index (χ3v) is 6.79. The van der Waals surface area contributed by atoms with Crippen LogP contribution >= 0.6 is 0 Å². The summed E-state index contributed by atoms with van der Waals surface area (Å²) in [5.41, 5.74) is 0.201. The first-order chi connectivity index (χ1) is 16.2. The molecule has 0 aliphatic carbocycles. The highest BCUT2D eigenvalue weighted by Crippen LogP contribution is 2.41. The molecule has 1 aliphatic heterocycles. The Kier molecular flexibility index (Phi) is 7.67. The summed E-state index contributed by atoms with van der Waals surface area (Å²) in [6.07, 6.45) is 0. The van der Waals surface area contributed by atoms with Gasteiger partial charge in [0.25, 0.3) is 0 Å². The van der Waals surface area contributed by atoms with E-state index < -0.39 is 33.6 Å². The van der Waals surface area contributed by atoms with Crippen LogP contribution in [0.1, 0.15) is 18.5 Å². The molecule has 1 unspecified atom stereocenters. The van der Waals surface area contributed by atoms with Crippen LogP contribution in [0.4, 0.5) is 4.79 Å². The Bertz CT molecular complexity index is 1210. The Morgan fingerprint density at radius 3 is 2.18 bits per heavy atom. The van der Waals surface area contributed by atoms with Crippen molar-refractivity contribution in [1.29, 1.82) is 0 Å². The molecular weight excluding hydrogens is 464 g/mol. The minimum Gasteiger partial charge on any atom is -0.496 e. The summed E-state index contributed by atoms with van der Waals surface area (Å²) in [7, 11) is 0.423. The van der Waals surface area contributed by atoms with Gasteiger partial charge in [0.2, 0.25) is 0 Å². The topological polar surface area (TPSA) is 129 Å². The third-order valence-electron chi connectivity index (χ3n) is 5.13. The first-order valence-corrected chi connectivity index (χ1v) is 12.0. The summed E-state index contributed by atoms with van der Waals surface area (Å²) >= 11 is 0. The van der Waals surface area contributed by atoms with Crippen molar-refractivity contribution in [3.63, 3.8) is 0 Å². The fourth-order valence-electron chi connectivity index (χ4n) is 3.59. The minimum absolute atomic E-state index is 0.0464. The first-order valence-electron chi connectivity index (χ1n) is 10.3. The van der Waals surface area contributed by atoms with Crippen molar-refractivity contribution in [2.45, 2.75) is 17.9 Å². The number of amides is 2. The van der Waals surface area contributed by atoms with Crippen LogP contribution < -0.4 is 24.8 Å². The van der Waals surface area contributed by atoms with Gasteiger partial charge in [-0.3, -0.25) is 0 Å². The van der Waals surface area contributed by atoms with Crippen LogP contribution in [0, 0.1) is 0 Å². The van der Waals surface area contributed by atoms with E-state index in [-0.39, 0.29) is 28.5 Å². The highest BCUT2D eigenvalue weighted by Gasteiger charge is 2.37. The van der Waals surface area contributed by atoms with E-state index in [0.717, 1.165) is 0 Å². The van der Waals surface area contributed by atoms with E-state index in [4.69, 9.17) is 18.9 Å². The Hall–Kier alpha value is -3.73. The predicted octanol–water partition coefficient (Wildman–Crippen LogP) is 2.36. The number of hydrogen-bond donors (Lipinski definition) is 2. The largest absolute Gasteiger partial charge is 0.496 e. The van der Waals surface area contributed by atoms with E-state index in [2.05, 4.69) is 10.6 Å². The summed E-state index contributed by atoms with van der Waals surface area (Å²) in [4.78, 5) is 25.7. The van der Waals surface area contributed by atoms with Gasteiger partial charge in [0.05, 0.1) is 50.2 Å². The van der Waals surface area contributed by atoms with Crippen molar-refractivity contribution in [1.82, 2.24) is 10.6 Å². The number of sulfone groups is 1. The smallest absolute Gasteiger partial charge is 0.338 e. The zero-order valence-electron chi connectivity index (χ0n) is 19.2. The number of carbonyl (C=O) groups is 2. The van der Waals surface area contributed by atoms with Gasteiger partial charge in [-0.1, -0.05) is 18.2 Å². The molecule has 0 fully saturated rings. The van der Waals surface area contributed by atoms with Crippen molar-refractivity contribution >= 4 is 21.8 Å². The van der Waals surface area contributed by atoms with Crippen LogP contribution in [-0.4, -0.2) is 54.1 Å². The van der Waals surface area contributed by atoms with Gasteiger partial charge in [-0.25, -0.2) is 18.0 Å². The lowest BCUT2D eigenvalue weighted by atomic mass is 9.94. The van der Waals surface area contributed by atoms with E-state index in [1.807, 2.05) is 0 Å². The maximum Gasteiger partial charge on any atom is 0.338 e.